The zero-order valence-corrected chi connectivity index (χ0v) is 34.4. The molecule has 4 heterocycles. The van der Waals surface area contributed by atoms with E-state index in [2.05, 4.69) is 21.3 Å². The molecule has 7 rings (SSSR count). The molecule has 61 heavy (non-hydrogen) atoms. The summed E-state index contributed by atoms with van der Waals surface area (Å²) < 4.78 is 26.3. The Balaban J connectivity index is 1.06. The average molecular weight is 843 g/mol. The van der Waals surface area contributed by atoms with Gasteiger partial charge in [-0.3, -0.25) is 14.4 Å². The van der Waals surface area contributed by atoms with Crippen molar-refractivity contribution in [1.82, 2.24) is 25.8 Å². The van der Waals surface area contributed by atoms with E-state index < -0.39 is 71.3 Å². The Kier molecular flexibility index (Phi) is 12.0. The number of amides is 6. The van der Waals surface area contributed by atoms with Crippen molar-refractivity contribution in [3.05, 3.63) is 75.7 Å². The second-order valence-electron chi connectivity index (χ2n) is 16.5. The monoisotopic (exact) mass is 842 g/mol. The number of urea groups is 1. The predicted octanol–water partition coefficient (Wildman–Crippen LogP) is 3.08. The largest absolute Gasteiger partial charge is 0.463 e. The maximum atomic E-state index is 15.3. The van der Waals surface area contributed by atoms with Crippen LogP contribution in [0.2, 0.25) is 0 Å². The van der Waals surface area contributed by atoms with E-state index in [4.69, 9.17) is 25.9 Å². The first-order chi connectivity index (χ1) is 29.0. The first-order valence-electron chi connectivity index (χ1n) is 20.5. The lowest BCUT2D eigenvalue weighted by molar-refractivity contribution is -0.190. The van der Waals surface area contributed by atoms with Crippen LogP contribution in [0.4, 0.5) is 19.7 Å². The Morgan fingerprint density at radius 1 is 1.13 bits per heavy atom. The number of halogens is 1. The summed E-state index contributed by atoms with van der Waals surface area (Å²) >= 11 is 0. The number of primary amides is 1. The average Bonchev–Trinajstić information content (AvgIpc) is 3.60. The van der Waals surface area contributed by atoms with Gasteiger partial charge in [0.25, 0.3) is 0 Å². The fraction of sp³-hybridized carbons (Fsp3) is 0.465. The Bertz CT molecular complexity index is 2340. The van der Waals surface area contributed by atoms with Gasteiger partial charge in [-0.05, 0) is 79.3 Å². The lowest BCUT2D eigenvalue weighted by atomic mass is 9.72. The fourth-order valence-electron chi connectivity index (χ4n) is 8.72. The SMILES string of the molecule is CC[C@@]1(O)C(=O)OCC2C(=O)N3Cc4c(nc5cc(F)c(C)c6c5c4[C@@H](NC(=O)OCc4ccc(NC(=O)[C@H](CCCNC(N)=O)NC(=O)[C@@H](N)C(C)C)cc4)CC6)C3=CC21. The van der Waals surface area contributed by atoms with E-state index in [0.717, 1.165) is 5.56 Å². The highest BCUT2D eigenvalue weighted by molar-refractivity contribution is 6.00. The smallest absolute Gasteiger partial charge is 0.407 e. The number of cyclic esters (lactones) is 1. The van der Waals surface area contributed by atoms with Gasteiger partial charge in [0, 0.05) is 35.2 Å². The zero-order valence-electron chi connectivity index (χ0n) is 34.4. The number of alkyl carbamates (subject to hydrolysis) is 1. The van der Waals surface area contributed by atoms with Gasteiger partial charge >= 0.3 is 18.1 Å². The van der Waals surface area contributed by atoms with Crippen molar-refractivity contribution in [2.24, 2.45) is 29.2 Å². The minimum absolute atomic E-state index is 0.0337. The lowest BCUT2D eigenvalue weighted by Gasteiger charge is -2.44. The number of nitrogens with two attached hydrogens (primary N) is 2. The molecule has 1 fully saturated rings. The Labute approximate surface area is 351 Å². The van der Waals surface area contributed by atoms with E-state index in [1.807, 2.05) is 0 Å². The van der Waals surface area contributed by atoms with Gasteiger partial charge in [-0.15, -0.1) is 0 Å². The maximum absolute atomic E-state index is 15.3. The summed E-state index contributed by atoms with van der Waals surface area (Å²) in [7, 11) is 0. The molecule has 0 bridgehead atoms. The molecular formula is C43H51FN8O9. The van der Waals surface area contributed by atoms with Crippen molar-refractivity contribution in [2.45, 2.75) is 96.7 Å². The van der Waals surface area contributed by atoms with Crippen LogP contribution in [-0.4, -0.2) is 81.6 Å². The number of esters is 1. The second-order valence-corrected chi connectivity index (χ2v) is 16.5. The van der Waals surface area contributed by atoms with Crippen LogP contribution in [0.25, 0.3) is 16.6 Å². The third kappa shape index (κ3) is 8.21. The number of pyridine rings is 1. The summed E-state index contributed by atoms with van der Waals surface area (Å²) in [4.78, 5) is 83.7. The van der Waals surface area contributed by atoms with Gasteiger partial charge < -0.3 is 52.2 Å². The molecule has 4 aliphatic rings. The number of hydrogen-bond donors (Lipinski definition) is 7. The minimum atomic E-state index is -1.90. The summed E-state index contributed by atoms with van der Waals surface area (Å²) in [6, 6.07) is 4.89. The number of rotatable bonds is 13. The van der Waals surface area contributed by atoms with Crippen LogP contribution < -0.4 is 32.7 Å². The molecule has 18 heteroatoms. The van der Waals surface area contributed by atoms with Crippen molar-refractivity contribution < 1.29 is 47.7 Å². The van der Waals surface area contributed by atoms with Crippen LogP contribution >= 0.6 is 0 Å². The zero-order chi connectivity index (χ0) is 43.9. The highest BCUT2D eigenvalue weighted by atomic mass is 19.1. The van der Waals surface area contributed by atoms with Crippen molar-refractivity contribution >= 4 is 58.1 Å². The number of benzene rings is 2. The van der Waals surface area contributed by atoms with Gasteiger partial charge in [-0.1, -0.05) is 39.0 Å². The molecule has 2 aromatic carbocycles. The molecule has 2 unspecified atom stereocenters. The number of hydrogen-bond acceptors (Lipinski definition) is 11. The number of carbonyl (C=O) groups is 6. The quantitative estimate of drug-likeness (QED) is 0.0972. The van der Waals surface area contributed by atoms with Crippen molar-refractivity contribution in [1.29, 1.82) is 0 Å². The van der Waals surface area contributed by atoms with Crippen LogP contribution in [0.3, 0.4) is 0 Å². The van der Waals surface area contributed by atoms with Crippen molar-refractivity contribution in [2.75, 3.05) is 18.5 Å². The Morgan fingerprint density at radius 3 is 2.56 bits per heavy atom. The molecule has 1 saturated heterocycles. The molecule has 3 aliphatic heterocycles. The number of anilines is 1. The standard InChI is InChI=1S/C43H51FN8O9/c1-5-43(59)27-15-32-36-25(17-52(32)39(55)26(27)19-60-40(43)56)34-29(13-12-24-21(4)28(44)16-31(49-36)33(24)34)51-42(58)61-18-22-8-10-23(11-9-22)48-37(53)30(7-6-14-47-41(46)57)50-38(54)35(45)20(2)3/h8-11,15-16,20,26-27,29-30,35,59H,5-7,12-14,17-19,45H2,1-4H3,(H,48,53)(H,50,54)(H,51,58)(H3,46,47,57)/t26?,27?,29-,30-,35-,43-/m0/s1. The molecule has 17 nitrogen and oxygen atoms in total. The Hall–Kier alpha value is -6.14. The van der Waals surface area contributed by atoms with Crippen LogP contribution in [-0.2, 0) is 48.2 Å². The van der Waals surface area contributed by atoms with E-state index in [0.29, 0.717) is 69.5 Å². The van der Waals surface area contributed by atoms with E-state index in [9.17, 15) is 33.9 Å². The molecule has 9 N–H and O–H groups in total. The minimum Gasteiger partial charge on any atom is -0.463 e. The molecular weight excluding hydrogens is 792 g/mol. The predicted molar refractivity (Wildman–Crippen MR) is 219 cm³/mol. The normalized spacial score (nSPS) is 22.3. The van der Waals surface area contributed by atoms with Gasteiger partial charge in [-0.2, -0.15) is 0 Å². The highest BCUT2D eigenvalue weighted by Gasteiger charge is 2.57. The molecule has 1 aromatic heterocycles. The summed E-state index contributed by atoms with van der Waals surface area (Å²) in [5, 5.41) is 23.0. The second kappa shape index (κ2) is 17.1. The van der Waals surface area contributed by atoms with Gasteiger partial charge in [-0.25, -0.2) is 23.8 Å². The number of ether oxygens (including phenoxy) is 2. The molecule has 0 saturated carbocycles. The molecule has 6 atom stereocenters. The van der Waals surface area contributed by atoms with Crippen molar-refractivity contribution in [3.8, 4) is 0 Å². The van der Waals surface area contributed by atoms with Crippen LogP contribution in [0, 0.1) is 30.5 Å². The number of nitrogens with one attached hydrogen (secondary N) is 4. The maximum Gasteiger partial charge on any atom is 0.407 e. The third-order valence-electron chi connectivity index (χ3n) is 12.3. The first-order valence-corrected chi connectivity index (χ1v) is 20.5. The van der Waals surface area contributed by atoms with Gasteiger partial charge in [0.05, 0.1) is 41.5 Å². The van der Waals surface area contributed by atoms with Crippen molar-refractivity contribution in [3.63, 3.8) is 0 Å². The van der Waals surface area contributed by atoms with E-state index >= 15 is 4.39 Å². The summed E-state index contributed by atoms with van der Waals surface area (Å²) in [5.74, 6) is -4.31. The highest BCUT2D eigenvalue weighted by Crippen LogP contribution is 2.50. The topological polar surface area (TPSA) is 257 Å². The molecule has 324 valence electrons. The van der Waals surface area contributed by atoms with Crippen LogP contribution in [0.15, 0.2) is 36.4 Å². The summed E-state index contributed by atoms with van der Waals surface area (Å²) in [6.45, 7) is 6.99. The number of aliphatic hydroxyl groups is 1. The van der Waals surface area contributed by atoms with Crippen LogP contribution in [0.1, 0.15) is 86.0 Å². The van der Waals surface area contributed by atoms with Gasteiger partial charge in [0.1, 0.15) is 25.1 Å². The van der Waals surface area contributed by atoms with Crippen LogP contribution in [0.5, 0.6) is 0 Å². The summed E-state index contributed by atoms with van der Waals surface area (Å²) in [6.07, 6.45) is 2.45. The van der Waals surface area contributed by atoms with Gasteiger partial charge in [0.2, 0.25) is 17.7 Å². The Morgan fingerprint density at radius 2 is 1.87 bits per heavy atom. The van der Waals surface area contributed by atoms with E-state index in [1.165, 1.54) is 6.07 Å². The molecule has 6 amide bonds. The number of aromatic nitrogens is 1. The number of nitrogens with zero attached hydrogens (tertiary/aromatic N) is 2. The fourth-order valence-corrected chi connectivity index (χ4v) is 8.72. The van der Waals surface area contributed by atoms with E-state index in [-0.39, 0.29) is 51.0 Å². The van der Waals surface area contributed by atoms with E-state index in [1.54, 1.807) is 62.9 Å². The molecule has 3 aromatic rings. The molecule has 1 aliphatic carbocycles. The number of aryl methyl sites for hydroxylation is 1. The number of fused-ring (bicyclic) bond motifs is 5. The molecule has 0 radical (unpaired) electrons. The summed E-state index contributed by atoms with van der Waals surface area (Å²) in [5.41, 5.74) is 14.1. The third-order valence-corrected chi connectivity index (χ3v) is 12.3. The van der Waals surface area contributed by atoms with Gasteiger partial charge in [0.15, 0.2) is 5.60 Å². The lowest BCUT2D eigenvalue weighted by Crippen LogP contribution is -2.58. The first kappa shape index (κ1) is 43.0. The molecule has 0 spiro atoms. The number of carbonyl (C=O) groups excluding carboxylic acids is 6.